The molecule has 6 heteroatoms. The zero-order chi connectivity index (χ0) is 20.6. The van der Waals surface area contributed by atoms with Crippen molar-refractivity contribution in [1.82, 2.24) is 5.32 Å². The summed E-state index contributed by atoms with van der Waals surface area (Å²) in [5, 5.41) is 9.10. The molecule has 0 atom stereocenters. The second-order valence-electron chi connectivity index (χ2n) is 7.47. The molecule has 2 aromatic rings. The third kappa shape index (κ3) is 5.98. The van der Waals surface area contributed by atoms with Crippen molar-refractivity contribution in [1.29, 1.82) is 0 Å². The van der Waals surface area contributed by atoms with Crippen LogP contribution in [0.1, 0.15) is 48.0 Å². The van der Waals surface area contributed by atoms with Crippen molar-refractivity contribution in [2.75, 3.05) is 24.3 Å². The van der Waals surface area contributed by atoms with Gasteiger partial charge in [0.05, 0.1) is 13.7 Å². The first-order chi connectivity index (χ1) is 14.0. The molecule has 2 amide bonds. The van der Waals surface area contributed by atoms with E-state index in [-0.39, 0.29) is 24.4 Å². The van der Waals surface area contributed by atoms with E-state index in [0.29, 0.717) is 17.0 Å². The normalized spacial score (nSPS) is 14.1. The van der Waals surface area contributed by atoms with Crippen molar-refractivity contribution >= 4 is 23.2 Å². The molecule has 2 aromatic carbocycles. The van der Waals surface area contributed by atoms with Gasteiger partial charge in [0.25, 0.3) is 5.91 Å². The number of carbonyl (C=O) groups excluding carboxylic acids is 2. The van der Waals surface area contributed by atoms with E-state index in [1.165, 1.54) is 19.3 Å². The highest BCUT2D eigenvalue weighted by Gasteiger charge is 2.17. The maximum absolute atomic E-state index is 12.5. The lowest BCUT2D eigenvalue weighted by atomic mass is 9.95. The molecule has 0 spiro atoms. The van der Waals surface area contributed by atoms with Crippen LogP contribution in [0.2, 0.25) is 0 Å². The summed E-state index contributed by atoms with van der Waals surface area (Å²) in [6, 6.07) is 13.0. The maximum Gasteiger partial charge on any atom is 0.251 e. The van der Waals surface area contributed by atoms with E-state index in [9.17, 15) is 9.59 Å². The van der Waals surface area contributed by atoms with Crippen LogP contribution in [0.5, 0.6) is 5.75 Å². The first-order valence-corrected chi connectivity index (χ1v) is 10.1. The SMILES string of the molecule is COc1cccc(NC(=O)CNc2ccc(C(=O)NC3CCCCC3)cc2C)c1. The second-order valence-corrected chi connectivity index (χ2v) is 7.47. The molecule has 0 saturated heterocycles. The number of hydrogen-bond donors (Lipinski definition) is 3. The zero-order valence-electron chi connectivity index (χ0n) is 17.1. The average Bonchev–Trinajstić information content (AvgIpc) is 2.73. The fourth-order valence-electron chi connectivity index (χ4n) is 3.60. The summed E-state index contributed by atoms with van der Waals surface area (Å²) in [5.74, 6) is 0.507. The molecule has 29 heavy (non-hydrogen) atoms. The molecule has 0 radical (unpaired) electrons. The number of hydrogen-bond acceptors (Lipinski definition) is 4. The van der Waals surface area contributed by atoms with Crippen molar-refractivity contribution < 1.29 is 14.3 Å². The molecule has 0 aromatic heterocycles. The van der Waals surface area contributed by atoms with Gasteiger partial charge in [-0.2, -0.15) is 0 Å². The van der Waals surface area contributed by atoms with E-state index >= 15 is 0 Å². The monoisotopic (exact) mass is 395 g/mol. The molecule has 0 unspecified atom stereocenters. The quantitative estimate of drug-likeness (QED) is 0.659. The number of amides is 2. The van der Waals surface area contributed by atoms with Gasteiger partial charge in [0.1, 0.15) is 5.75 Å². The van der Waals surface area contributed by atoms with Gasteiger partial charge in [-0.1, -0.05) is 25.3 Å². The number of aryl methyl sites for hydroxylation is 1. The van der Waals surface area contributed by atoms with Crippen LogP contribution in [0.25, 0.3) is 0 Å². The Morgan fingerprint density at radius 1 is 1.07 bits per heavy atom. The number of rotatable bonds is 7. The Labute approximate surface area is 172 Å². The van der Waals surface area contributed by atoms with Gasteiger partial charge in [0, 0.05) is 29.0 Å². The van der Waals surface area contributed by atoms with Crippen LogP contribution >= 0.6 is 0 Å². The summed E-state index contributed by atoms with van der Waals surface area (Å²) in [7, 11) is 1.59. The molecule has 1 saturated carbocycles. The van der Waals surface area contributed by atoms with Crippen LogP contribution < -0.4 is 20.7 Å². The van der Waals surface area contributed by atoms with Gasteiger partial charge >= 0.3 is 0 Å². The average molecular weight is 396 g/mol. The fraction of sp³-hybridized carbons (Fsp3) is 0.391. The summed E-state index contributed by atoms with van der Waals surface area (Å²) in [4.78, 5) is 24.7. The van der Waals surface area contributed by atoms with Crippen molar-refractivity contribution in [3.63, 3.8) is 0 Å². The highest BCUT2D eigenvalue weighted by Crippen LogP contribution is 2.20. The lowest BCUT2D eigenvalue weighted by Crippen LogP contribution is -2.36. The van der Waals surface area contributed by atoms with Crippen LogP contribution in [-0.2, 0) is 4.79 Å². The standard InChI is InChI=1S/C23H29N3O3/c1-16-13-17(23(28)26-18-7-4-3-5-8-18)11-12-21(16)24-15-22(27)25-19-9-6-10-20(14-19)29-2/h6,9-14,18,24H,3-5,7-8,15H2,1-2H3,(H,25,27)(H,26,28). The Bertz CT molecular complexity index is 860. The van der Waals surface area contributed by atoms with Crippen molar-refractivity contribution in [3.05, 3.63) is 53.6 Å². The highest BCUT2D eigenvalue weighted by molar-refractivity contribution is 5.96. The Hall–Kier alpha value is -3.02. The Kier molecular flexibility index (Phi) is 7.11. The molecule has 1 aliphatic carbocycles. The summed E-state index contributed by atoms with van der Waals surface area (Å²) < 4.78 is 5.16. The minimum absolute atomic E-state index is 0.0256. The molecular weight excluding hydrogens is 366 g/mol. The number of ether oxygens (including phenoxy) is 1. The van der Waals surface area contributed by atoms with Crippen LogP contribution in [-0.4, -0.2) is 31.5 Å². The molecule has 1 aliphatic rings. The summed E-state index contributed by atoms with van der Waals surface area (Å²) >= 11 is 0. The minimum atomic E-state index is -0.156. The van der Waals surface area contributed by atoms with E-state index < -0.39 is 0 Å². The van der Waals surface area contributed by atoms with E-state index in [1.807, 2.05) is 37.3 Å². The third-order valence-corrected chi connectivity index (χ3v) is 5.22. The van der Waals surface area contributed by atoms with Gasteiger partial charge < -0.3 is 20.7 Å². The summed E-state index contributed by atoms with van der Waals surface area (Å²) in [6.07, 6.45) is 5.76. The number of anilines is 2. The summed E-state index contributed by atoms with van der Waals surface area (Å²) in [6.45, 7) is 2.06. The number of carbonyl (C=O) groups is 2. The van der Waals surface area contributed by atoms with Gasteiger partial charge in [-0.15, -0.1) is 0 Å². The van der Waals surface area contributed by atoms with Crippen molar-refractivity contribution in [3.8, 4) is 5.75 Å². The number of benzene rings is 2. The summed E-state index contributed by atoms with van der Waals surface area (Å²) in [5.41, 5.74) is 3.09. The van der Waals surface area contributed by atoms with E-state index in [1.54, 1.807) is 19.2 Å². The van der Waals surface area contributed by atoms with Crippen LogP contribution in [0.3, 0.4) is 0 Å². The van der Waals surface area contributed by atoms with E-state index in [4.69, 9.17) is 4.74 Å². The van der Waals surface area contributed by atoms with Gasteiger partial charge in [-0.3, -0.25) is 9.59 Å². The van der Waals surface area contributed by atoms with Crippen LogP contribution in [0.15, 0.2) is 42.5 Å². The topological polar surface area (TPSA) is 79.5 Å². The molecule has 1 fully saturated rings. The molecule has 6 nitrogen and oxygen atoms in total. The largest absolute Gasteiger partial charge is 0.497 e. The lowest BCUT2D eigenvalue weighted by molar-refractivity contribution is -0.114. The van der Waals surface area contributed by atoms with Crippen LogP contribution in [0, 0.1) is 6.92 Å². The second kappa shape index (κ2) is 9.96. The minimum Gasteiger partial charge on any atom is -0.497 e. The highest BCUT2D eigenvalue weighted by atomic mass is 16.5. The molecule has 154 valence electrons. The Balaban J connectivity index is 1.53. The lowest BCUT2D eigenvalue weighted by Gasteiger charge is -2.23. The Morgan fingerprint density at radius 3 is 2.59 bits per heavy atom. The van der Waals surface area contributed by atoms with Gasteiger partial charge in [-0.05, 0) is 55.7 Å². The van der Waals surface area contributed by atoms with Gasteiger partial charge in [0.2, 0.25) is 5.91 Å². The van der Waals surface area contributed by atoms with Gasteiger partial charge in [0.15, 0.2) is 0 Å². The molecule has 3 N–H and O–H groups in total. The Morgan fingerprint density at radius 2 is 1.86 bits per heavy atom. The number of methoxy groups -OCH3 is 1. The predicted octanol–water partition coefficient (Wildman–Crippen LogP) is 4.12. The third-order valence-electron chi connectivity index (χ3n) is 5.22. The molecule has 0 bridgehead atoms. The number of nitrogens with one attached hydrogen (secondary N) is 3. The molecule has 0 heterocycles. The molecule has 3 rings (SSSR count). The molecular formula is C23H29N3O3. The van der Waals surface area contributed by atoms with E-state index in [0.717, 1.165) is 24.1 Å². The van der Waals surface area contributed by atoms with Gasteiger partial charge in [-0.25, -0.2) is 0 Å². The smallest absolute Gasteiger partial charge is 0.251 e. The van der Waals surface area contributed by atoms with E-state index in [2.05, 4.69) is 16.0 Å². The first kappa shape index (κ1) is 20.7. The first-order valence-electron chi connectivity index (χ1n) is 10.1. The zero-order valence-corrected chi connectivity index (χ0v) is 17.1. The predicted molar refractivity (Wildman–Crippen MR) is 116 cm³/mol. The van der Waals surface area contributed by atoms with Crippen LogP contribution in [0.4, 0.5) is 11.4 Å². The fourth-order valence-corrected chi connectivity index (χ4v) is 3.60. The molecule has 0 aliphatic heterocycles. The van der Waals surface area contributed by atoms with Crippen molar-refractivity contribution in [2.24, 2.45) is 0 Å². The maximum atomic E-state index is 12.5. The van der Waals surface area contributed by atoms with Crippen molar-refractivity contribution in [2.45, 2.75) is 45.1 Å².